The predicted molar refractivity (Wildman–Crippen MR) is 121 cm³/mol. The molecule has 1 aliphatic rings. The van der Waals surface area contributed by atoms with Crippen LogP contribution in [0.5, 0.6) is 0 Å². The van der Waals surface area contributed by atoms with Gasteiger partial charge in [0, 0.05) is 5.57 Å². The van der Waals surface area contributed by atoms with Gasteiger partial charge in [0.15, 0.2) is 0 Å². The smallest absolute Gasteiger partial charge is 0.335 e. The molecule has 5 nitrogen and oxygen atoms in total. The Balaban J connectivity index is 2.39. The molecule has 0 aromatic heterocycles. The molecule has 0 saturated heterocycles. The molecule has 0 fully saturated rings. The molecule has 2 rings (SSSR count). The zero-order chi connectivity index (χ0) is 22.4. The fraction of sp³-hybridized carbons (Fsp3) is 0.440. The van der Waals surface area contributed by atoms with Crippen LogP contribution in [-0.4, -0.2) is 29.1 Å². The average molecular weight is 412 g/mol. The second kappa shape index (κ2) is 9.79. The highest BCUT2D eigenvalue weighted by Gasteiger charge is 2.26. The second-order valence-corrected chi connectivity index (χ2v) is 9.37. The lowest BCUT2D eigenvalue weighted by molar-refractivity contribution is 0.0697. The molecular formula is C25H33NO4. The van der Waals surface area contributed by atoms with Crippen LogP contribution in [0.2, 0.25) is 0 Å². The Morgan fingerprint density at radius 1 is 1.03 bits per heavy atom. The van der Waals surface area contributed by atoms with E-state index in [9.17, 15) is 10.0 Å². The summed E-state index contributed by atoms with van der Waals surface area (Å²) >= 11 is 0. The monoisotopic (exact) mass is 411 g/mol. The quantitative estimate of drug-likeness (QED) is 0.338. The fourth-order valence-electron chi connectivity index (χ4n) is 3.35. The standard InChI is InChI=1S/C25H33NO4/c1-24(2)14-12-20(22(30-5)13-15-25(3,4)17-16-24)21(26-29)11-8-18-6-9-19(10-7-18)23(27)28/h6-13,29H,14-17H2,1-5H3,(H,27,28)/b11-8+,20-12?,22-13?,26-21+. The molecule has 0 spiro atoms. The minimum Gasteiger partial charge on any atom is -0.496 e. The van der Waals surface area contributed by atoms with Gasteiger partial charge < -0.3 is 15.1 Å². The number of allylic oxidation sites excluding steroid dienone is 4. The lowest BCUT2D eigenvalue weighted by atomic mass is 9.74. The van der Waals surface area contributed by atoms with Crippen molar-refractivity contribution in [3.8, 4) is 0 Å². The molecule has 0 amide bonds. The van der Waals surface area contributed by atoms with E-state index in [2.05, 4.69) is 45.0 Å². The van der Waals surface area contributed by atoms with Gasteiger partial charge in [0.05, 0.1) is 12.7 Å². The van der Waals surface area contributed by atoms with E-state index in [1.54, 1.807) is 43.5 Å². The van der Waals surface area contributed by atoms with Crippen LogP contribution in [0.3, 0.4) is 0 Å². The van der Waals surface area contributed by atoms with E-state index < -0.39 is 5.97 Å². The summed E-state index contributed by atoms with van der Waals surface area (Å²) < 4.78 is 5.68. The molecule has 0 bridgehead atoms. The molecule has 0 radical (unpaired) electrons. The number of oxime groups is 1. The zero-order valence-electron chi connectivity index (χ0n) is 18.6. The topological polar surface area (TPSA) is 79.1 Å². The molecule has 162 valence electrons. The van der Waals surface area contributed by atoms with E-state index in [0.29, 0.717) is 11.5 Å². The Labute approximate surface area is 179 Å². The first-order valence-corrected chi connectivity index (χ1v) is 10.3. The third-order valence-electron chi connectivity index (χ3n) is 5.64. The maximum absolute atomic E-state index is 11.0. The van der Waals surface area contributed by atoms with Crippen LogP contribution < -0.4 is 0 Å². The molecule has 2 N–H and O–H groups in total. The second-order valence-electron chi connectivity index (χ2n) is 9.37. The minimum atomic E-state index is -0.963. The Morgan fingerprint density at radius 2 is 1.60 bits per heavy atom. The molecule has 0 saturated carbocycles. The zero-order valence-corrected chi connectivity index (χ0v) is 18.6. The highest BCUT2D eigenvalue weighted by atomic mass is 16.5. The maximum Gasteiger partial charge on any atom is 0.335 e. The molecular weight excluding hydrogens is 378 g/mol. The van der Waals surface area contributed by atoms with Crippen molar-refractivity contribution in [1.82, 2.24) is 0 Å². The van der Waals surface area contributed by atoms with Crippen molar-refractivity contribution in [1.29, 1.82) is 0 Å². The summed E-state index contributed by atoms with van der Waals surface area (Å²) in [5.74, 6) is -0.269. The van der Waals surface area contributed by atoms with Crippen molar-refractivity contribution in [2.75, 3.05) is 7.11 Å². The van der Waals surface area contributed by atoms with Gasteiger partial charge in [0.25, 0.3) is 0 Å². The van der Waals surface area contributed by atoms with Gasteiger partial charge in [-0.1, -0.05) is 57.1 Å². The van der Waals surface area contributed by atoms with Crippen LogP contribution in [0.15, 0.2) is 59.0 Å². The highest BCUT2D eigenvalue weighted by molar-refractivity contribution is 6.12. The number of hydrogen-bond donors (Lipinski definition) is 2. The fourth-order valence-corrected chi connectivity index (χ4v) is 3.35. The van der Waals surface area contributed by atoms with Crippen LogP contribution >= 0.6 is 0 Å². The number of carboxylic acid groups (broad SMARTS) is 1. The predicted octanol–water partition coefficient (Wildman–Crippen LogP) is 6.31. The largest absolute Gasteiger partial charge is 0.496 e. The van der Waals surface area contributed by atoms with Gasteiger partial charge in [-0.05, 0) is 66.4 Å². The summed E-state index contributed by atoms with van der Waals surface area (Å²) in [6.45, 7) is 9.04. The van der Waals surface area contributed by atoms with Crippen molar-refractivity contribution < 1.29 is 19.8 Å². The molecule has 30 heavy (non-hydrogen) atoms. The Kier molecular flexibility index (Phi) is 7.65. The number of carboxylic acids is 1. The summed E-state index contributed by atoms with van der Waals surface area (Å²) in [5.41, 5.74) is 2.47. The lowest BCUT2D eigenvalue weighted by Gasteiger charge is -2.31. The summed E-state index contributed by atoms with van der Waals surface area (Å²) in [5, 5.41) is 22.3. The molecule has 0 unspecified atom stereocenters. The molecule has 5 heteroatoms. The number of rotatable bonds is 5. The number of methoxy groups -OCH3 is 1. The van der Waals surface area contributed by atoms with Gasteiger partial charge in [0.2, 0.25) is 0 Å². The molecule has 0 aliphatic heterocycles. The minimum absolute atomic E-state index is 0.121. The van der Waals surface area contributed by atoms with E-state index >= 15 is 0 Å². The van der Waals surface area contributed by atoms with Gasteiger partial charge in [0.1, 0.15) is 11.5 Å². The van der Waals surface area contributed by atoms with Gasteiger partial charge >= 0.3 is 5.97 Å². The first kappa shape index (κ1) is 23.5. The van der Waals surface area contributed by atoms with Crippen LogP contribution in [0.4, 0.5) is 0 Å². The van der Waals surface area contributed by atoms with Crippen molar-refractivity contribution >= 4 is 17.8 Å². The summed E-state index contributed by atoms with van der Waals surface area (Å²) in [6.07, 6.45) is 11.6. The first-order valence-electron chi connectivity index (χ1n) is 10.3. The summed E-state index contributed by atoms with van der Waals surface area (Å²) in [7, 11) is 1.63. The number of nitrogens with zero attached hydrogens (tertiary/aromatic N) is 1. The normalized spacial score (nSPS) is 19.7. The van der Waals surface area contributed by atoms with Gasteiger partial charge in [-0.25, -0.2) is 4.79 Å². The number of benzene rings is 1. The van der Waals surface area contributed by atoms with Crippen LogP contribution in [0.1, 0.15) is 69.3 Å². The molecule has 0 atom stereocenters. The Bertz CT molecular complexity index is 871. The maximum atomic E-state index is 11.0. The molecule has 0 heterocycles. The van der Waals surface area contributed by atoms with Crippen molar-refractivity contribution in [2.24, 2.45) is 16.0 Å². The molecule has 1 aliphatic carbocycles. The van der Waals surface area contributed by atoms with E-state index in [1.165, 1.54) is 0 Å². The van der Waals surface area contributed by atoms with E-state index in [-0.39, 0.29) is 16.4 Å². The third-order valence-corrected chi connectivity index (χ3v) is 5.64. The first-order chi connectivity index (χ1) is 14.1. The summed E-state index contributed by atoms with van der Waals surface area (Å²) in [6, 6.07) is 6.53. The number of ether oxygens (including phenoxy) is 1. The van der Waals surface area contributed by atoms with Crippen molar-refractivity contribution in [3.05, 3.63) is 65.0 Å². The lowest BCUT2D eigenvalue weighted by Crippen LogP contribution is -2.19. The van der Waals surface area contributed by atoms with E-state index in [4.69, 9.17) is 9.84 Å². The van der Waals surface area contributed by atoms with Crippen LogP contribution in [0, 0.1) is 10.8 Å². The number of aromatic carboxylic acids is 1. The van der Waals surface area contributed by atoms with Gasteiger partial charge in [-0.15, -0.1) is 0 Å². The molecule has 1 aromatic rings. The SMILES string of the molecule is COC1=CCC(C)(C)CCC(C)(C)CC=C1C(/C=C/c1ccc(C(=O)O)cc1)=N/O. The highest BCUT2D eigenvalue weighted by Crippen LogP contribution is 2.38. The Morgan fingerprint density at radius 3 is 2.10 bits per heavy atom. The summed E-state index contributed by atoms with van der Waals surface area (Å²) in [4.78, 5) is 11.0. The third kappa shape index (κ3) is 6.61. The Hall–Kier alpha value is -2.82. The van der Waals surface area contributed by atoms with Crippen molar-refractivity contribution in [3.63, 3.8) is 0 Å². The van der Waals surface area contributed by atoms with Gasteiger partial charge in [-0.3, -0.25) is 0 Å². The number of hydrogen-bond acceptors (Lipinski definition) is 4. The molecule has 1 aromatic carbocycles. The van der Waals surface area contributed by atoms with E-state index in [0.717, 1.165) is 36.8 Å². The van der Waals surface area contributed by atoms with Crippen LogP contribution in [-0.2, 0) is 4.74 Å². The average Bonchev–Trinajstić information content (AvgIpc) is 2.70. The van der Waals surface area contributed by atoms with Crippen molar-refractivity contribution in [2.45, 2.75) is 53.4 Å². The number of carbonyl (C=O) groups is 1. The van der Waals surface area contributed by atoms with Gasteiger partial charge in [-0.2, -0.15) is 0 Å². The van der Waals surface area contributed by atoms with Crippen LogP contribution in [0.25, 0.3) is 6.08 Å². The van der Waals surface area contributed by atoms with E-state index in [1.807, 2.05) is 0 Å².